The molecule has 5 nitrogen and oxygen atoms in total. The number of anilines is 1. The summed E-state index contributed by atoms with van der Waals surface area (Å²) in [5.41, 5.74) is 1.18. The number of benzene rings is 2. The highest BCUT2D eigenvalue weighted by atomic mass is 35.5. The van der Waals surface area contributed by atoms with E-state index >= 15 is 0 Å². The molecule has 0 radical (unpaired) electrons. The van der Waals surface area contributed by atoms with Gasteiger partial charge in [0.15, 0.2) is 5.82 Å². The normalized spacial score (nSPS) is 15.0. The van der Waals surface area contributed by atoms with E-state index in [0.717, 1.165) is 23.5 Å². The Morgan fingerprint density at radius 2 is 1.66 bits per heavy atom. The molecule has 2 aromatic carbocycles. The Labute approximate surface area is 204 Å². The standard InChI is InChI=1S/C24H28Cl3N5/c1-6-24(5,28-19-12-10-17(25)11-13-19)22-29-30-31-32(22)21(23(2,3)4)14-8-16-7-9-18(26)15-20(16)27/h7-15,21,28H,6H2,1-5H3/b14-8+. The minimum atomic E-state index is -0.493. The molecule has 0 amide bonds. The number of tetrazole rings is 1. The zero-order valence-corrected chi connectivity index (χ0v) is 21.2. The number of hydrogen-bond acceptors (Lipinski definition) is 4. The van der Waals surface area contributed by atoms with Crippen LogP contribution in [0.5, 0.6) is 0 Å². The molecule has 2 unspecified atom stereocenters. The Morgan fingerprint density at radius 3 is 2.25 bits per heavy atom. The SMILES string of the molecule is CCC(C)(Nc1ccc(Cl)cc1)c1nnnn1C(/C=C/c1ccc(Cl)cc1Cl)C(C)(C)C. The molecule has 0 saturated heterocycles. The second kappa shape index (κ2) is 9.82. The van der Waals surface area contributed by atoms with Gasteiger partial charge in [0.05, 0.1) is 11.6 Å². The van der Waals surface area contributed by atoms with Gasteiger partial charge in [0, 0.05) is 20.8 Å². The molecule has 0 aliphatic rings. The van der Waals surface area contributed by atoms with Crippen LogP contribution in [0.3, 0.4) is 0 Å². The van der Waals surface area contributed by atoms with E-state index in [1.54, 1.807) is 6.07 Å². The third-order valence-corrected chi connectivity index (χ3v) is 6.34. The van der Waals surface area contributed by atoms with Crippen LogP contribution in [0.4, 0.5) is 5.69 Å². The van der Waals surface area contributed by atoms with E-state index < -0.39 is 5.54 Å². The van der Waals surface area contributed by atoms with Gasteiger partial charge in [-0.3, -0.25) is 0 Å². The fourth-order valence-corrected chi connectivity index (χ4v) is 4.06. The van der Waals surface area contributed by atoms with Gasteiger partial charge in [-0.05, 0) is 71.1 Å². The van der Waals surface area contributed by atoms with Crippen LogP contribution in [0.2, 0.25) is 15.1 Å². The van der Waals surface area contributed by atoms with Crippen molar-refractivity contribution in [2.45, 2.75) is 52.6 Å². The van der Waals surface area contributed by atoms with Crippen molar-refractivity contribution in [3.63, 3.8) is 0 Å². The first-order valence-electron chi connectivity index (χ1n) is 10.5. The van der Waals surface area contributed by atoms with E-state index in [0.29, 0.717) is 15.1 Å². The lowest BCUT2D eigenvalue weighted by molar-refractivity contribution is 0.255. The van der Waals surface area contributed by atoms with Crippen LogP contribution in [-0.4, -0.2) is 20.2 Å². The van der Waals surface area contributed by atoms with E-state index in [1.807, 2.05) is 47.2 Å². The minimum Gasteiger partial charge on any atom is -0.373 e. The van der Waals surface area contributed by atoms with Crippen LogP contribution < -0.4 is 5.32 Å². The van der Waals surface area contributed by atoms with Gasteiger partial charge in [0.25, 0.3) is 0 Å². The molecule has 170 valence electrons. The van der Waals surface area contributed by atoms with Crippen LogP contribution in [-0.2, 0) is 5.54 Å². The van der Waals surface area contributed by atoms with E-state index in [9.17, 15) is 0 Å². The van der Waals surface area contributed by atoms with Gasteiger partial charge in [-0.1, -0.05) is 80.7 Å². The van der Waals surface area contributed by atoms with Gasteiger partial charge in [0.1, 0.15) is 0 Å². The third kappa shape index (κ3) is 5.64. The van der Waals surface area contributed by atoms with Crippen molar-refractivity contribution in [2.75, 3.05) is 5.32 Å². The highest BCUT2D eigenvalue weighted by Crippen LogP contribution is 2.37. The summed E-state index contributed by atoms with van der Waals surface area (Å²) in [6.07, 6.45) is 4.86. The number of hydrogen-bond donors (Lipinski definition) is 1. The highest BCUT2D eigenvalue weighted by Gasteiger charge is 2.36. The molecule has 1 heterocycles. The monoisotopic (exact) mass is 491 g/mol. The van der Waals surface area contributed by atoms with Crippen molar-refractivity contribution in [2.24, 2.45) is 5.41 Å². The molecule has 0 aliphatic carbocycles. The van der Waals surface area contributed by atoms with Gasteiger partial charge in [-0.15, -0.1) is 5.10 Å². The van der Waals surface area contributed by atoms with Crippen LogP contribution in [0.15, 0.2) is 48.5 Å². The maximum Gasteiger partial charge on any atom is 0.177 e. The van der Waals surface area contributed by atoms with Gasteiger partial charge < -0.3 is 5.32 Å². The molecule has 0 aliphatic heterocycles. The third-order valence-electron chi connectivity index (χ3n) is 5.53. The van der Waals surface area contributed by atoms with Crippen molar-refractivity contribution < 1.29 is 0 Å². The first-order chi connectivity index (χ1) is 15.0. The van der Waals surface area contributed by atoms with Crippen LogP contribution in [0.25, 0.3) is 6.08 Å². The molecular formula is C24H28Cl3N5. The van der Waals surface area contributed by atoms with Crippen molar-refractivity contribution in [3.05, 3.63) is 75.0 Å². The van der Waals surface area contributed by atoms with E-state index in [4.69, 9.17) is 34.8 Å². The fraction of sp³-hybridized carbons (Fsp3) is 0.375. The zero-order valence-electron chi connectivity index (χ0n) is 18.9. The van der Waals surface area contributed by atoms with Crippen molar-refractivity contribution in [1.82, 2.24) is 20.2 Å². The molecule has 2 atom stereocenters. The lowest BCUT2D eigenvalue weighted by atomic mass is 9.85. The van der Waals surface area contributed by atoms with Crippen molar-refractivity contribution >= 4 is 46.6 Å². The maximum atomic E-state index is 6.38. The summed E-state index contributed by atoms with van der Waals surface area (Å²) in [5, 5.41) is 18.3. The maximum absolute atomic E-state index is 6.38. The molecular weight excluding hydrogens is 465 g/mol. The minimum absolute atomic E-state index is 0.114. The smallest absolute Gasteiger partial charge is 0.177 e. The molecule has 1 aromatic heterocycles. The number of allylic oxidation sites excluding steroid dienone is 1. The predicted octanol–water partition coefficient (Wildman–Crippen LogP) is 7.67. The van der Waals surface area contributed by atoms with E-state index in [1.165, 1.54) is 0 Å². The van der Waals surface area contributed by atoms with Crippen molar-refractivity contribution in [3.8, 4) is 0 Å². The number of rotatable bonds is 7. The summed E-state index contributed by atoms with van der Waals surface area (Å²) in [6.45, 7) is 10.7. The first kappa shape index (κ1) is 24.6. The summed E-state index contributed by atoms with van der Waals surface area (Å²) in [6, 6.07) is 13.0. The number of nitrogens with zero attached hydrogens (tertiary/aromatic N) is 4. The molecule has 3 rings (SSSR count). The van der Waals surface area contributed by atoms with Crippen LogP contribution >= 0.6 is 34.8 Å². The second-order valence-electron chi connectivity index (χ2n) is 9.10. The molecule has 1 N–H and O–H groups in total. The summed E-state index contributed by atoms with van der Waals surface area (Å²) in [4.78, 5) is 0. The fourth-order valence-electron chi connectivity index (χ4n) is 3.47. The van der Waals surface area contributed by atoms with Crippen LogP contribution in [0.1, 0.15) is 58.5 Å². The lowest BCUT2D eigenvalue weighted by Gasteiger charge is -2.34. The quantitative estimate of drug-likeness (QED) is 0.367. The van der Waals surface area contributed by atoms with Crippen LogP contribution in [0, 0.1) is 5.41 Å². The summed E-state index contributed by atoms with van der Waals surface area (Å²) in [5.74, 6) is 0.752. The number of halogens is 3. The topological polar surface area (TPSA) is 55.6 Å². The Hall–Kier alpha value is -2.08. The Morgan fingerprint density at radius 1 is 1.00 bits per heavy atom. The number of nitrogens with one attached hydrogen (secondary N) is 1. The molecule has 3 aromatic rings. The van der Waals surface area contributed by atoms with Crippen molar-refractivity contribution in [1.29, 1.82) is 0 Å². The van der Waals surface area contributed by atoms with Gasteiger partial charge in [-0.2, -0.15) is 0 Å². The lowest BCUT2D eigenvalue weighted by Crippen LogP contribution is -2.37. The largest absolute Gasteiger partial charge is 0.373 e. The Kier molecular flexibility index (Phi) is 7.53. The predicted molar refractivity (Wildman–Crippen MR) is 135 cm³/mol. The number of aromatic nitrogens is 4. The molecule has 0 bridgehead atoms. The molecule has 0 saturated carbocycles. The molecule has 0 fully saturated rings. The van der Waals surface area contributed by atoms with Gasteiger partial charge in [0.2, 0.25) is 0 Å². The summed E-state index contributed by atoms with van der Waals surface area (Å²) in [7, 11) is 0. The summed E-state index contributed by atoms with van der Waals surface area (Å²) < 4.78 is 1.90. The Bertz CT molecular complexity index is 1090. The average molecular weight is 493 g/mol. The highest BCUT2D eigenvalue weighted by molar-refractivity contribution is 6.35. The average Bonchev–Trinajstić information content (AvgIpc) is 3.20. The van der Waals surface area contributed by atoms with Gasteiger partial charge >= 0.3 is 0 Å². The zero-order chi connectivity index (χ0) is 23.5. The van der Waals surface area contributed by atoms with E-state index in [-0.39, 0.29) is 11.5 Å². The molecule has 8 heteroatoms. The van der Waals surface area contributed by atoms with E-state index in [2.05, 4.69) is 61.5 Å². The Balaban J connectivity index is 2.00. The molecule has 32 heavy (non-hydrogen) atoms. The first-order valence-corrected chi connectivity index (χ1v) is 11.6. The van der Waals surface area contributed by atoms with Gasteiger partial charge in [-0.25, -0.2) is 4.68 Å². The second-order valence-corrected chi connectivity index (χ2v) is 10.4. The molecule has 0 spiro atoms. The summed E-state index contributed by atoms with van der Waals surface area (Å²) >= 11 is 18.5.